The summed E-state index contributed by atoms with van der Waals surface area (Å²) in [6.45, 7) is 15.6. The number of hydrogen-bond acceptors (Lipinski definition) is 2. The highest BCUT2D eigenvalue weighted by Crippen LogP contribution is 2.25. The highest BCUT2D eigenvalue weighted by atomic mass is 15.1. The highest BCUT2D eigenvalue weighted by Gasteiger charge is 2.14. The number of aryl methyl sites for hydroxylation is 1. The van der Waals surface area contributed by atoms with Gasteiger partial charge in [-0.3, -0.25) is 0 Å². The number of aromatic nitrogens is 2. The molecule has 0 saturated carbocycles. The van der Waals surface area contributed by atoms with E-state index in [1.165, 1.54) is 36.8 Å². The summed E-state index contributed by atoms with van der Waals surface area (Å²) in [5, 5.41) is 8.47. The molecule has 1 aromatic heterocycles. The summed E-state index contributed by atoms with van der Waals surface area (Å²) in [4.78, 5) is 0. The van der Waals surface area contributed by atoms with Crippen LogP contribution in [0.4, 0.5) is 0 Å². The third-order valence-corrected chi connectivity index (χ3v) is 3.46. The molecule has 0 amide bonds. The summed E-state index contributed by atoms with van der Waals surface area (Å²) in [6, 6.07) is 0. The lowest BCUT2D eigenvalue weighted by Gasteiger charge is -2.16. The van der Waals surface area contributed by atoms with Crippen molar-refractivity contribution in [3.63, 3.8) is 0 Å². The smallest absolute Gasteiger partial charge is 0.0964 e. The Morgan fingerprint density at radius 3 is 2.23 bits per heavy atom. The van der Waals surface area contributed by atoms with E-state index in [1.807, 2.05) is 46.0 Å². The van der Waals surface area contributed by atoms with Crippen molar-refractivity contribution in [1.29, 1.82) is 0 Å². The molecule has 0 fully saturated rings. The van der Waals surface area contributed by atoms with Crippen molar-refractivity contribution in [2.45, 2.75) is 66.2 Å². The standard InChI is InChI=1S/C16H20N2.2C2H6/c1-3-9-13(4-2)16-15-11-8-6-5-7-10-14(15)12-17-18-16;2*1-2/h3-4,9,12H,1-2,5-8,10-11H2;2*1-2H3/b13-9+;;. The summed E-state index contributed by atoms with van der Waals surface area (Å²) in [7, 11) is 0. The van der Waals surface area contributed by atoms with Crippen molar-refractivity contribution in [2.24, 2.45) is 0 Å². The molecule has 0 aromatic carbocycles. The normalized spacial score (nSPS) is 13.9. The van der Waals surface area contributed by atoms with Gasteiger partial charge in [-0.1, -0.05) is 71.9 Å². The minimum Gasteiger partial charge on any atom is -0.158 e. The van der Waals surface area contributed by atoms with Crippen LogP contribution in [-0.2, 0) is 12.8 Å². The Morgan fingerprint density at radius 1 is 1.00 bits per heavy atom. The molecule has 22 heavy (non-hydrogen) atoms. The molecule has 1 aliphatic carbocycles. The Bertz CT molecular complexity index is 473. The minimum atomic E-state index is 0.990. The number of allylic oxidation sites excluding steroid dienone is 4. The topological polar surface area (TPSA) is 25.8 Å². The maximum Gasteiger partial charge on any atom is 0.0964 e. The minimum absolute atomic E-state index is 0.990. The van der Waals surface area contributed by atoms with Crippen LogP contribution in [0.5, 0.6) is 0 Å². The van der Waals surface area contributed by atoms with E-state index in [2.05, 4.69) is 23.4 Å². The first-order chi connectivity index (χ1) is 10.9. The second-order valence-corrected chi connectivity index (χ2v) is 4.67. The fraction of sp³-hybridized carbons (Fsp3) is 0.500. The lowest BCUT2D eigenvalue weighted by atomic mass is 9.91. The van der Waals surface area contributed by atoms with Gasteiger partial charge in [0.1, 0.15) is 0 Å². The first-order valence-corrected chi connectivity index (χ1v) is 8.65. The second kappa shape index (κ2) is 13.0. The molecule has 1 aromatic rings. The Labute approximate surface area is 137 Å². The summed E-state index contributed by atoms with van der Waals surface area (Å²) in [5.74, 6) is 0. The molecule has 0 aliphatic heterocycles. The van der Waals surface area contributed by atoms with Crippen LogP contribution in [-0.4, -0.2) is 10.2 Å². The maximum atomic E-state index is 4.32. The first kappa shape index (κ1) is 20.3. The Kier molecular flexibility index (Phi) is 12.0. The fourth-order valence-corrected chi connectivity index (χ4v) is 2.51. The van der Waals surface area contributed by atoms with Gasteiger partial charge in [-0.25, -0.2) is 0 Å². The molecule has 0 radical (unpaired) electrons. The third kappa shape index (κ3) is 5.97. The van der Waals surface area contributed by atoms with Gasteiger partial charge >= 0.3 is 0 Å². The zero-order valence-corrected chi connectivity index (χ0v) is 14.9. The van der Waals surface area contributed by atoms with Crippen LogP contribution < -0.4 is 0 Å². The van der Waals surface area contributed by atoms with Crippen LogP contribution in [0.25, 0.3) is 5.57 Å². The summed E-state index contributed by atoms with van der Waals surface area (Å²) in [6.07, 6.45) is 14.9. The predicted octanol–water partition coefficient (Wildman–Crippen LogP) is 5.94. The van der Waals surface area contributed by atoms with E-state index in [4.69, 9.17) is 0 Å². The molecule has 2 heteroatoms. The van der Waals surface area contributed by atoms with Gasteiger partial charge in [0.25, 0.3) is 0 Å². The number of fused-ring (bicyclic) bond motifs is 1. The van der Waals surface area contributed by atoms with Crippen molar-refractivity contribution >= 4 is 5.57 Å². The lowest BCUT2D eigenvalue weighted by Crippen LogP contribution is -2.07. The molecule has 0 bridgehead atoms. The van der Waals surface area contributed by atoms with Crippen molar-refractivity contribution in [1.82, 2.24) is 10.2 Å². The van der Waals surface area contributed by atoms with Crippen LogP contribution >= 0.6 is 0 Å². The fourth-order valence-electron chi connectivity index (χ4n) is 2.51. The molecule has 0 N–H and O–H groups in total. The molecule has 1 heterocycles. The molecule has 2 rings (SSSR count). The van der Waals surface area contributed by atoms with Crippen LogP contribution in [0.3, 0.4) is 0 Å². The molecule has 0 spiro atoms. The first-order valence-electron chi connectivity index (χ1n) is 8.65. The molecule has 2 nitrogen and oxygen atoms in total. The van der Waals surface area contributed by atoms with Gasteiger partial charge in [-0.15, -0.1) is 0 Å². The van der Waals surface area contributed by atoms with Crippen LogP contribution in [0.1, 0.15) is 70.2 Å². The van der Waals surface area contributed by atoms with Gasteiger partial charge in [-0.05, 0) is 36.8 Å². The maximum absolute atomic E-state index is 4.32. The van der Waals surface area contributed by atoms with E-state index in [0.29, 0.717) is 0 Å². The van der Waals surface area contributed by atoms with Gasteiger partial charge in [0.15, 0.2) is 0 Å². The number of hydrogen-bond donors (Lipinski definition) is 0. The van der Waals surface area contributed by atoms with Gasteiger partial charge < -0.3 is 0 Å². The SMILES string of the molecule is C=C/C=C(\C=C)c1nncc2c1CCCCCC2.CC.CC. The summed E-state index contributed by atoms with van der Waals surface area (Å²) < 4.78 is 0. The number of rotatable bonds is 3. The zero-order chi connectivity index (χ0) is 16.8. The molecule has 0 saturated heterocycles. The average molecular weight is 300 g/mol. The van der Waals surface area contributed by atoms with E-state index < -0.39 is 0 Å². The van der Waals surface area contributed by atoms with Crippen molar-refractivity contribution in [3.05, 3.63) is 54.4 Å². The highest BCUT2D eigenvalue weighted by molar-refractivity contribution is 5.74. The zero-order valence-electron chi connectivity index (χ0n) is 14.9. The molecule has 1 aliphatic rings. The summed E-state index contributed by atoms with van der Waals surface area (Å²) in [5.41, 5.74) is 4.73. The largest absolute Gasteiger partial charge is 0.158 e. The lowest BCUT2D eigenvalue weighted by molar-refractivity contribution is 0.611. The van der Waals surface area contributed by atoms with E-state index in [9.17, 15) is 0 Å². The predicted molar refractivity (Wildman–Crippen MR) is 99.0 cm³/mol. The van der Waals surface area contributed by atoms with E-state index in [-0.39, 0.29) is 0 Å². The third-order valence-electron chi connectivity index (χ3n) is 3.46. The van der Waals surface area contributed by atoms with Crippen LogP contribution in [0, 0.1) is 0 Å². The van der Waals surface area contributed by atoms with Gasteiger partial charge in [0.2, 0.25) is 0 Å². The van der Waals surface area contributed by atoms with Crippen LogP contribution in [0.15, 0.2) is 37.6 Å². The van der Waals surface area contributed by atoms with Crippen molar-refractivity contribution in [2.75, 3.05) is 0 Å². The molecular weight excluding hydrogens is 268 g/mol. The molecule has 0 atom stereocenters. The van der Waals surface area contributed by atoms with E-state index in [1.54, 1.807) is 6.08 Å². The van der Waals surface area contributed by atoms with E-state index in [0.717, 1.165) is 24.1 Å². The Balaban J connectivity index is 0.00000102. The summed E-state index contributed by atoms with van der Waals surface area (Å²) >= 11 is 0. The molecule has 0 unspecified atom stereocenters. The Morgan fingerprint density at radius 2 is 1.64 bits per heavy atom. The Hall–Kier alpha value is -1.70. The quantitative estimate of drug-likeness (QED) is 0.645. The van der Waals surface area contributed by atoms with Crippen molar-refractivity contribution in [3.8, 4) is 0 Å². The number of nitrogens with zero attached hydrogens (tertiary/aromatic N) is 2. The van der Waals surface area contributed by atoms with Crippen LogP contribution in [0.2, 0.25) is 0 Å². The molecular formula is C20H32N2. The van der Waals surface area contributed by atoms with Gasteiger partial charge in [0, 0.05) is 5.57 Å². The van der Waals surface area contributed by atoms with Gasteiger partial charge in [-0.2, -0.15) is 10.2 Å². The average Bonchev–Trinajstić information content (AvgIpc) is 2.57. The second-order valence-electron chi connectivity index (χ2n) is 4.67. The van der Waals surface area contributed by atoms with E-state index >= 15 is 0 Å². The molecule has 122 valence electrons. The monoisotopic (exact) mass is 300 g/mol. The van der Waals surface area contributed by atoms with Gasteiger partial charge in [0.05, 0.1) is 11.9 Å². The van der Waals surface area contributed by atoms with Crippen molar-refractivity contribution < 1.29 is 0 Å².